The van der Waals surface area contributed by atoms with Gasteiger partial charge in [-0.3, -0.25) is 9.78 Å². The number of benzene rings is 2. The van der Waals surface area contributed by atoms with Gasteiger partial charge in [0, 0.05) is 11.8 Å². The maximum absolute atomic E-state index is 12.2. The third kappa shape index (κ3) is 3.15. The van der Waals surface area contributed by atoms with E-state index >= 15 is 0 Å². The van der Waals surface area contributed by atoms with Gasteiger partial charge < -0.3 is 4.74 Å². The number of pyridine rings is 1. The van der Waals surface area contributed by atoms with E-state index in [1.807, 2.05) is 30.3 Å². The number of carbonyl (C=O) groups is 1. The monoisotopic (exact) mass is 275 g/mol. The Morgan fingerprint density at radius 3 is 2.10 bits per heavy atom. The maximum Gasteiger partial charge on any atom is 0.211 e. The molecule has 0 aliphatic carbocycles. The van der Waals surface area contributed by atoms with Gasteiger partial charge in [0.05, 0.1) is 0 Å². The Hall–Kier alpha value is -2.94. The van der Waals surface area contributed by atoms with Crippen molar-refractivity contribution in [1.29, 1.82) is 0 Å². The molecule has 1 aromatic heterocycles. The molecule has 0 aliphatic heterocycles. The van der Waals surface area contributed by atoms with Crippen LogP contribution in [0.25, 0.3) is 0 Å². The first kappa shape index (κ1) is 13.1. The highest BCUT2D eigenvalue weighted by atomic mass is 16.5. The second kappa shape index (κ2) is 6.01. The quantitative estimate of drug-likeness (QED) is 0.673. The van der Waals surface area contributed by atoms with Crippen LogP contribution in [0.2, 0.25) is 0 Å². The van der Waals surface area contributed by atoms with Crippen LogP contribution in [0.1, 0.15) is 16.1 Å². The fourth-order valence-electron chi connectivity index (χ4n) is 1.94. The molecule has 3 rings (SSSR count). The molecule has 0 saturated carbocycles. The molecule has 3 aromatic rings. The molecule has 0 bridgehead atoms. The summed E-state index contributed by atoms with van der Waals surface area (Å²) >= 11 is 0. The van der Waals surface area contributed by atoms with Crippen molar-refractivity contribution in [2.24, 2.45) is 0 Å². The van der Waals surface area contributed by atoms with Gasteiger partial charge in [0.25, 0.3) is 0 Å². The number of nitrogens with zero attached hydrogens (tertiary/aromatic N) is 1. The van der Waals surface area contributed by atoms with Crippen LogP contribution in [0.4, 0.5) is 0 Å². The van der Waals surface area contributed by atoms with Gasteiger partial charge in [-0.2, -0.15) is 0 Å². The van der Waals surface area contributed by atoms with E-state index < -0.39 is 0 Å². The largest absolute Gasteiger partial charge is 0.457 e. The van der Waals surface area contributed by atoms with E-state index in [9.17, 15) is 4.79 Å². The highest BCUT2D eigenvalue weighted by Crippen LogP contribution is 2.21. The maximum atomic E-state index is 12.2. The zero-order chi connectivity index (χ0) is 14.5. The van der Waals surface area contributed by atoms with Crippen LogP contribution >= 0.6 is 0 Å². The number of ether oxygens (including phenoxy) is 1. The highest BCUT2D eigenvalue weighted by molar-refractivity contribution is 6.07. The molecule has 0 aliphatic rings. The Morgan fingerprint density at radius 1 is 0.762 bits per heavy atom. The predicted octanol–water partition coefficient (Wildman–Crippen LogP) is 4.10. The first-order chi connectivity index (χ1) is 10.3. The van der Waals surface area contributed by atoms with Crippen molar-refractivity contribution in [3.05, 3.63) is 90.3 Å². The summed E-state index contributed by atoms with van der Waals surface area (Å²) in [4.78, 5) is 16.3. The van der Waals surface area contributed by atoms with Crippen molar-refractivity contribution in [1.82, 2.24) is 4.98 Å². The van der Waals surface area contributed by atoms with Gasteiger partial charge in [-0.1, -0.05) is 24.3 Å². The summed E-state index contributed by atoms with van der Waals surface area (Å²) in [7, 11) is 0. The molecule has 3 heteroatoms. The third-order valence-electron chi connectivity index (χ3n) is 2.99. The van der Waals surface area contributed by atoms with E-state index in [2.05, 4.69) is 4.98 Å². The Morgan fingerprint density at radius 2 is 1.43 bits per heavy atom. The predicted molar refractivity (Wildman–Crippen MR) is 80.6 cm³/mol. The van der Waals surface area contributed by atoms with Crippen molar-refractivity contribution in [3.8, 4) is 11.5 Å². The van der Waals surface area contributed by atoms with Gasteiger partial charge in [0.1, 0.15) is 17.2 Å². The highest BCUT2D eigenvalue weighted by Gasteiger charge is 2.09. The lowest BCUT2D eigenvalue weighted by Gasteiger charge is -2.06. The molecule has 0 unspecified atom stereocenters. The fourth-order valence-corrected chi connectivity index (χ4v) is 1.94. The molecular formula is C18H13NO2. The summed E-state index contributed by atoms with van der Waals surface area (Å²) < 4.78 is 5.69. The van der Waals surface area contributed by atoms with Crippen molar-refractivity contribution in [2.75, 3.05) is 0 Å². The van der Waals surface area contributed by atoms with Crippen LogP contribution in [0, 0.1) is 0 Å². The zero-order valence-electron chi connectivity index (χ0n) is 11.3. The SMILES string of the molecule is O=C(c1ccc(Oc2ccccc2)cc1)c1ccccn1. The molecule has 0 N–H and O–H groups in total. The van der Waals surface area contributed by atoms with Gasteiger partial charge in [0.2, 0.25) is 5.78 Å². The minimum Gasteiger partial charge on any atom is -0.457 e. The van der Waals surface area contributed by atoms with Crippen molar-refractivity contribution in [2.45, 2.75) is 0 Å². The molecule has 21 heavy (non-hydrogen) atoms. The summed E-state index contributed by atoms with van der Waals surface area (Å²) in [5.74, 6) is 1.36. The molecule has 0 amide bonds. The summed E-state index contributed by atoms with van der Waals surface area (Å²) in [5.41, 5.74) is 1.03. The van der Waals surface area contributed by atoms with E-state index in [4.69, 9.17) is 4.74 Å². The fraction of sp³-hybridized carbons (Fsp3) is 0. The molecule has 0 radical (unpaired) electrons. The summed E-state index contributed by atoms with van der Waals surface area (Å²) in [6.45, 7) is 0. The van der Waals surface area contributed by atoms with Crippen molar-refractivity contribution >= 4 is 5.78 Å². The Balaban J connectivity index is 1.77. The second-order valence-electron chi connectivity index (χ2n) is 4.48. The second-order valence-corrected chi connectivity index (χ2v) is 4.48. The van der Waals surface area contributed by atoms with Crippen molar-refractivity contribution in [3.63, 3.8) is 0 Å². The number of hydrogen-bond acceptors (Lipinski definition) is 3. The first-order valence-corrected chi connectivity index (χ1v) is 6.61. The summed E-state index contributed by atoms with van der Waals surface area (Å²) in [5, 5.41) is 0. The van der Waals surface area contributed by atoms with Gasteiger partial charge in [-0.25, -0.2) is 0 Å². The van der Waals surface area contributed by atoms with Crippen LogP contribution in [0.3, 0.4) is 0 Å². The number of rotatable bonds is 4. The number of para-hydroxylation sites is 1. The van der Waals surface area contributed by atoms with Crippen LogP contribution < -0.4 is 4.74 Å². The number of hydrogen-bond donors (Lipinski definition) is 0. The van der Waals surface area contributed by atoms with E-state index in [1.165, 1.54) is 0 Å². The lowest BCUT2D eigenvalue weighted by molar-refractivity contribution is 0.103. The van der Waals surface area contributed by atoms with Crippen LogP contribution in [0.5, 0.6) is 11.5 Å². The normalized spacial score (nSPS) is 10.1. The van der Waals surface area contributed by atoms with Crippen LogP contribution in [-0.4, -0.2) is 10.8 Å². The third-order valence-corrected chi connectivity index (χ3v) is 2.99. The molecular weight excluding hydrogens is 262 g/mol. The average molecular weight is 275 g/mol. The van der Waals surface area contributed by atoms with Crippen LogP contribution in [-0.2, 0) is 0 Å². The molecule has 0 atom stereocenters. The number of aromatic nitrogens is 1. The molecule has 102 valence electrons. The van der Waals surface area contributed by atoms with Gasteiger partial charge in [-0.05, 0) is 48.5 Å². The molecule has 2 aromatic carbocycles. The van der Waals surface area contributed by atoms with Crippen molar-refractivity contribution < 1.29 is 9.53 Å². The average Bonchev–Trinajstić information content (AvgIpc) is 2.57. The molecule has 0 fully saturated rings. The minimum atomic E-state index is -0.0955. The number of carbonyl (C=O) groups excluding carboxylic acids is 1. The smallest absolute Gasteiger partial charge is 0.211 e. The van der Waals surface area contributed by atoms with E-state index in [1.54, 1.807) is 48.7 Å². The zero-order valence-corrected chi connectivity index (χ0v) is 11.3. The lowest BCUT2D eigenvalue weighted by atomic mass is 10.1. The molecule has 3 nitrogen and oxygen atoms in total. The van der Waals surface area contributed by atoms with Gasteiger partial charge in [-0.15, -0.1) is 0 Å². The Bertz CT molecular complexity index is 722. The van der Waals surface area contributed by atoms with Crippen LogP contribution in [0.15, 0.2) is 79.0 Å². The molecule has 1 heterocycles. The number of ketones is 1. The van der Waals surface area contributed by atoms with Gasteiger partial charge >= 0.3 is 0 Å². The van der Waals surface area contributed by atoms with Gasteiger partial charge in [0.15, 0.2) is 0 Å². The molecule has 0 spiro atoms. The Labute approximate surface area is 122 Å². The topological polar surface area (TPSA) is 39.2 Å². The summed E-state index contributed by atoms with van der Waals surface area (Å²) in [6, 6.07) is 21.9. The van der Waals surface area contributed by atoms with E-state index in [0.29, 0.717) is 17.0 Å². The van der Waals surface area contributed by atoms with E-state index in [-0.39, 0.29) is 5.78 Å². The summed E-state index contributed by atoms with van der Waals surface area (Å²) in [6.07, 6.45) is 1.61. The minimum absolute atomic E-state index is 0.0955. The van der Waals surface area contributed by atoms with E-state index in [0.717, 1.165) is 5.75 Å². The lowest BCUT2D eigenvalue weighted by Crippen LogP contribution is -2.03. The molecule has 0 saturated heterocycles. The first-order valence-electron chi connectivity index (χ1n) is 6.61. The standard InChI is InChI=1S/C18H13NO2/c20-18(17-8-4-5-13-19-17)14-9-11-16(12-10-14)21-15-6-2-1-3-7-15/h1-13H. The Kier molecular flexibility index (Phi) is 3.74.